The molecule has 384 valence electrons. The second-order valence-electron chi connectivity index (χ2n) is 19.8. The third-order valence-electron chi connectivity index (χ3n) is 12.4. The van der Waals surface area contributed by atoms with Gasteiger partial charge in [-0.25, -0.2) is 23.9 Å². The van der Waals surface area contributed by atoms with E-state index in [2.05, 4.69) is 53.4 Å². The van der Waals surface area contributed by atoms with Gasteiger partial charge in [0.2, 0.25) is 0 Å². The van der Waals surface area contributed by atoms with Gasteiger partial charge in [-0.15, -0.1) is 17.4 Å². The lowest BCUT2D eigenvalue weighted by molar-refractivity contribution is -0.149. The van der Waals surface area contributed by atoms with E-state index in [1.807, 2.05) is 54.7 Å². The van der Waals surface area contributed by atoms with Crippen molar-refractivity contribution in [3.8, 4) is 18.0 Å². The Labute approximate surface area is 429 Å². The number of benzene rings is 2. The second-order valence-corrected chi connectivity index (χ2v) is 19.8. The summed E-state index contributed by atoms with van der Waals surface area (Å²) in [6.45, 7) is 12.7. The first-order valence-corrected chi connectivity index (χ1v) is 24.1. The van der Waals surface area contributed by atoms with E-state index in [0.29, 0.717) is 51.0 Å². The van der Waals surface area contributed by atoms with Gasteiger partial charge < -0.3 is 18.9 Å². The standard InChI is InChI=1S/C27H30N6O4.C14H21NO4.C13H9N5/c1-27(2,3)37-26(35)32-15-19(6-8-23(32)25(34)36-4)22-16-33(31-30-22)20-7-5-18-14-29-24(21(18)13-20)17-9-11-28-12-10-17;1-6-10-7-8-11(12(16)18-5)15(9-10)13(17)19-14(2,3)4;14-18-17-11-2-1-10-8-16-13(12(10)7-11)9-3-5-15-6-4-9/h5,7,9-13,16,19,23H,6,8,14-15H2,1-4H3;1,10-11H,7-9H2,2-5H3;1-7H,8H2/t19-,23+;10-,11+;/m11./s1. The summed E-state index contributed by atoms with van der Waals surface area (Å²) in [5.74, 6) is 1.61. The van der Waals surface area contributed by atoms with Gasteiger partial charge in [-0.05, 0) is 126 Å². The van der Waals surface area contributed by atoms with Gasteiger partial charge in [-0.2, -0.15) is 0 Å². The number of hydrogen-bond donors (Lipinski definition) is 0. The maximum Gasteiger partial charge on any atom is 0.411 e. The number of hydrogen-bond acceptors (Lipinski definition) is 15. The molecule has 2 amide bonds. The molecule has 0 unspecified atom stereocenters. The van der Waals surface area contributed by atoms with Crippen molar-refractivity contribution in [2.24, 2.45) is 21.0 Å². The maximum atomic E-state index is 12.9. The Hall–Kier alpha value is -8.43. The van der Waals surface area contributed by atoms with Gasteiger partial charge in [-0.1, -0.05) is 28.5 Å². The van der Waals surface area contributed by atoms with Gasteiger partial charge in [-0.3, -0.25) is 29.8 Å². The number of fused-ring (bicyclic) bond motifs is 2. The highest BCUT2D eigenvalue weighted by molar-refractivity contribution is 6.16. The zero-order valence-corrected chi connectivity index (χ0v) is 42.8. The third-order valence-corrected chi connectivity index (χ3v) is 12.4. The van der Waals surface area contributed by atoms with E-state index in [0.717, 1.165) is 56.2 Å². The highest BCUT2D eigenvalue weighted by Crippen LogP contribution is 2.33. The number of pyridine rings is 2. The van der Waals surface area contributed by atoms with Gasteiger partial charge in [0.25, 0.3) is 0 Å². The van der Waals surface area contributed by atoms with Crippen molar-refractivity contribution in [3.63, 3.8) is 0 Å². The summed E-state index contributed by atoms with van der Waals surface area (Å²) in [4.78, 5) is 72.2. The van der Waals surface area contributed by atoms with E-state index in [4.69, 9.17) is 35.9 Å². The molecule has 0 saturated carbocycles. The van der Waals surface area contributed by atoms with E-state index < -0.39 is 47.4 Å². The van der Waals surface area contributed by atoms with E-state index in [1.165, 1.54) is 24.0 Å². The first-order chi connectivity index (χ1) is 35.4. The number of esters is 2. The molecule has 2 aromatic carbocycles. The molecule has 0 N–H and O–H groups in total. The number of carbonyl (C=O) groups excluding carboxylic acids is 4. The summed E-state index contributed by atoms with van der Waals surface area (Å²) < 4.78 is 22.3. The number of rotatable bonds is 7. The van der Waals surface area contributed by atoms with Crippen LogP contribution in [0.25, 0.3) is 16.1 Å². The minimum atomic E-state index is -0.686. The number of piperidine rings is 2. The SMILES string of the molecule is C#C[C@@H]1CC[C@@H](C(=O)OC)N(C(=O)OC(C)(C)C)C1.COC(=O)[C@@H]1CC[C@@H](c2cn(-c3ccc4c(c3)C(c3ccncc3)=NC4)nn2)CN1C(=O)OC(C)(C)C.[N-]=[N+]=Nc1ccc2c(c1)C(c1ccncc1)=NC2. The van der Waals surface area contributed by atoms with Crippen LogP contribution < -0.4 is 0 Å². The molecule has 0 aliphatic carbocycles. The summed E-state index contributed by atoms with van der Waals surface area (Å²) in [5.41, 5.74) is 17.7. The highest BCUT2D eigenvalue weighted by Gasteiger charge is 2.41. The average Bonchev–Trinajstić information content (AvgIpc) is 4.17. The average molecular weight is 1010 g/mol. The number of methoxy groups -OCH3 is 2. The van der Waals surface area contributed by atoms with Crippen molar-refractivity contribution in [3.05, 3.63) is 141 Å². The number of azide groups is 1. The number of aromatic nitrogens is 5. The van der Waals surface area contributed by atoms with Gasteiger partial charge in [0, 0.05) is 82.6 Å². The summed E-state index contributed by atoms with van der Waals surface area (Å²) in [6, 6.07) is 18.2. The van der Waals surface area contributed by atoms with Crippen molar-refractivity contribution in [2.75, 3.05) is 27.3 Å². The molecule has 20 heteroatoms. The Kier molecular flexibility index (Phi) is 16.9. The van der Waals surface area contributed by atoms with Crippen LogP contribution in [0.1, 0.15) is 112 Å². The Balaban J connectivity index is 0.000000181. The molecule has 9 rings (SSSR count). The Morgan fingerprint density at radius 3 is 1.73 bits per heavy atom. The van der Waals surface area contributed by atoms with Gasteiger partial charge >= 0.3 is 24.1 Å². The number of aliphatic imine (C=N–C) groups is 2. The van der Waals surface area contributed by atoms with Gasteiger partial charge in [0.1, 0.15) is 23.3 Å². The van der Waals surface area contributed by atoms with Crippen molar-refractivity contribution in [1.29, 1.82) is 0 Å². The van der Waals surface area contributed by atoms with Crippen LogP contribution >= 0.6 is 0 Å². The smallest absolute Gasteiger partial charge is 0.411 e. The fraction of sp³-hybridized carbons (Fsp3) is 0.407. The summed E-state index contributed by atoms with van der Waals surface area (Å²) >= 11 is 0. The second kappa shape index (κ2) is 23.4. The largest absolute Gasteiger partial charge is 0.467 e. The summed E-state index contributed by atoms with van der Waals surface area (Å²) in [7, 11) is 2.64. The number of likely N-dealkylation sites (tertiary alicyclic amines) is 2. The fourth-order valence-electron chi connectivity index (χ4n) is 8.83. The molecule has 7 heterocycles. The Morgan fingerprint density at radius 1 is 0.703 bits per heavy atom. The molecule has 2 saturated heterocycles. The van der Waals surface area contributed by atoms with Crippen LogP contribution in [0.5, 0.6) is 0 Å². The van der Waals surface area contributed by atoms with E-state index in [-0.39, 0.29) is 18.4 Å². The predicted octanol–water partition coefficient (Wildman–Crippen LogP) is 8.85. The van der Waals surface area contributed by atoms with Crippen LogP contribution in [-0.2, 0) is 41.6 Å². The van der Waals surface area contributed by atoms with Crippen molar-refractivity contribution in [2.45, 2.75) is 110 Å². The molecule has 4 aliphatic rings. The third kappa shape index (κ3) is 13.2. The van der Waals surface area contributed by atoms with Crippen LogP contribution in [-0.4, -0.2) is 121 Å². The van der Waals surface area contributed by atoms with Crippen LogP contribution in [0.4, 0.5) is 15.3 Å². The number of ether oxygens (including phenoxy) is 4. The van der Waals surface area contributed by atoms with Gasteiger partial charge in [0.15, 0.2) is 0 Å². The molecule has 20 nitrogen and oxygen atoms in total. The Bertz CT molecular complexity index is 3000. The van der Waals surface area contributed by atoms with Crippen LogP contribution in [0.3, 0.4) is 0 Å². The zero-order valence-electron chi connectivity index (χ0n) is 42.8. The first kappa shape index (κ1) is 53.4. The lowest BCUT2D eigenvalue weighted by Crippen LogP contribution is -2.52. The lowest BCUT2D eigenvalue weighted by Gasteiger charge is -2.38. The number of amides is 2. The molecule has 3 aromatic heterocycles. The Morgan fingerprint density at radius 2 is 1.22 bits per heavy atom. The molecule has 4 aliphatic heterocycles. The van der Waals surface area contributed by atoms with Crippen LogP contribution in [0.15, 0.2) is 107 Å². The number of nitrogens with zero attached hydrogens (tertiary/aromatic N) is 12. The van der Waals surface area contributed by atoms with E-state index in [9.17, 15) is 19.2 Å². The number of carbonyl (C=O) groups is 4. The summed E-state index contributed by atoms with van der Waals surface area (Å²) in [5, 5.41) is 12.4. The molecule has 0 radical (unpaired) electrons. The van der Waals surface area contributed by atoms with E-state index in [1.54, 1.807) is 71.0 Å². The molecule has 0 bridgehead atoms. The fourth-order valence-corrected chi connectivity index (χ4v) is 8.83. The van der Waals surface area contributed by atoms with Gasteiger partial charge in [0.05, 0.1) is 56.3 Å². The van der Waals surface area contributed by atoms with E-state index >= 15 is 0 Å². The summed E-state index contributed by atoms with van der Waals surface area (Å²) in [6.07, 6.45) is 15.6. The normalized spacial score (nSPS) is 18.7. The van der Waals surface area contributed by atoms with Crippen LogP contribution in [0, 0.1) is 18.3 Å². The maximum absolute atomic E-state index is 12.9. The molecule has 2 fully saturated rings. The zero-order chi connectivity index (χ0) is 53.2. The highest BCUT2D eigenvalue weighted by atomic mass is 16.6. The topological polar surface area (TPSA) is 242 Å². The van der Waals surface area contributed by atoms with Crippen LogP contribution in [0.2, 0.25) is 0 Å². The molecular weight excluding hydrogens is 945 g/mol. The molecule has 5 aromatic rings. The number of terminal acetylenes is 1. The quantitative estimate of drug-likeness (QED) is 0.0371. The molecular formula is C54H60N12O8. The minimum Gasteiger partial charge on any atom is -0.467 e. The molecule has 4 atom stereocenters. The predicted molar refractivity (Wildman–Crippen MR) is 275 cm³/mol. The molecule has 74 heavy (non-hydrogen) atoms. The van der Waals surface area contributed by atoms with Crippen molar-refractivity contribution >= 4 is 41.2 Å². The lowest BCUT2D eigenvalue weighted by atomic mass is 9.91. The first-order valence-electron chi connectivity index (χ1n) is 24.1. The van der Waals surface area contributed by atoms with Crippen molar-refractivity contribution < 1.29 is 38.1 Å². The minimum absolute atomic E-state index is 0.0478. The van der Waals surface area contributed by atoms with Crippen molar-refractivity contribution in [1.82, 2.24) is 34.8 Å². The monoisotopic (exact) mass is 1000 g/mol. The molecule has 0 spiro atoms.